The van der Waals surface area contributed by atoms with Gasteiger partial charge in [-0.2, -0.15) is 5.10 Å². The van der Waals surface area contributed by atoms with E-state index < -0.39 is 5.97 Å². The SMILES string of the molecule is Cc1nn(-c2ccccc2)c(Br)c1C(=O)O. The quantitative estimate of drug-likeness (QED) is 0.920. The lowest BCUT2D eigenvalue weighted by molar-refractivity contribution is 0.0695. The summed E-state index contributed by atoms with van der Waals surface area (Å²) < 4.78 is 2.03. The van der Waals surface area contributed by atoms with Crippen LogP contribution in [0.2, 0.25) is 0 Å². The summed E-state index contributed by atoms with van der Waals surface area (Å²) in [7, 11) is 0. The number of rotatable bonds is 2. The molecule has 0 saturated heterocycles. The van der Waals surface area contributed by atoms with E-state index >= 15 is 0 Å². The van der Waals surface area contributed by atoms with Crippen molar-refractivity contribution in [3.8, 4) is 5.69 Å². The summed E-state index contributed by atoms with van der Waals surface area (Å²) in [5, 5.41) is 13.2. The maximum absolute atomic E-state index is 11.0. The van der Waals surface area contributed by atoms with Gasteiger partial charge in [-0.1, -0.05) is 18.2 Å². The van der Waals surface area contributed by atoms with E-state index in [0.29, 0.717) is 10.3 Å². The van der Waals surface area contributed by atoms with E-state index in [-0.39, 0.29) is 5.56 Å². The number of aromatic carboxylic acids is 1. The van der Waals surface area contributed by atoms with Crippen LogP contribution < -0.4 is 0 Å². The number of carbonyl (C=O) groups is 1. The first-order valence-electron chi connectivity index (χ1n) is 4.65. The maximum Gasteiger partial charge on any atom is 0.340 e. The molecular weight excluding hydrogens is 272 g/mol. The third kappa shape index (κ3) is 1.74. The number of benzene rings is 1. The molecule has 0 aliphatic carbocycles. The Hall–Kier alpha value is -1.62. The molecule has 1 aromatic heterocycles. The van der Waals surface area contributed by atoms with Crippen LogP contribution in [0.5, 0.6) is 0 Å². The van der Waals surface area contributed by atoms with E-state index in [0.717, 1.165) is 5.69 Å². The topological polar surface area (TPSA) is 55.1 Å². The van der Waals surface area contributed by atoms with Crippen molar-refractivity contribution in [3.05, 3.63) is 46.2 Å². The number of hydrogen-bond acceptors (Lipinski definition) is 2. The normalized spacial score (nSPS) is 10.4. The second kappa shape index (κ2) is 4.09. The van der Waals surface area contributed by atoms with Crippen molar-refractivity contribution in [3.63, 3.8) is 0 Å². The standard InChI is InChI=1S/C11H9BrN2O2/c1-7-9(11(15)16)10(12)14(13-7)8-5-3-2-4-6-8/h2-6H,1H3,(H,15,16). The van der Waals surface area contributed by atoms with E-state index in [2.05, 4.69) is 21.0 Å². The van der Waals surface area contributed by atoms with Gasteiger partial charge in [-0.3, -0.25) is 0 Å². The van der Waals surface area contributed by atoms with E-state index in [1.165, 1.54) is 0 Å². The number of aryl methyl sites for hydroxylation is 1. The average Bonchev–Trinajstić information content (AvgIpc) is 2.55. The van der Waals surface area contributed by atoms with Crippen LogP contribution in [-0.4, -0.2) is 20.9 Å². The zero-order valence-electron chi connectivity index (χ0n) is 8.51. The van der Waals surface area contributed by atoms with Crippen LogP contribution in [0, 0.1) is 6.92 Å². The van der Waals surface area contributed by atoms with E-state index in [4.69, 9.17) is 5.11 Å². The minimum atomic E-state index is -0.980. The molecule has 0 amide bonds. The van der Waals surface area contributed by atoms with Crippen molar-refractivity contribution in [2.24, 2.45) is 0 Å². The monoisotopic (exact) mass is 280 g/mol. The molecule has 0 saturated carbocycles. The van der Waals surface area contributed by atoms with Gasteiger partial charge in [0.15, 0.2) is 0 Å². The molecule has 1 heterocycles. The Kier molecular flexibility index (Phi) is 2.78. The number of hydrogen-bond donors (Lipinski definition) is 1. The van der Waals surface area contributed by atoms with Gasteiger partial charge >= 0.3 is 5.97 Å². The van der Waals surface area contributed by atoms with Gasteiger partial charge in [0.05, 0.1) is 11.4 Å². The van der Waals surface area contributed by atoms with Gasteiger partial charge in [0.2, 0.25) is 0 Å². The second-order valence-electron chi connectivity index (χ2n) is 3.30. The number of nitrogens with zero attached hydrogens (tertiary/aromatic N) is 2. The highest BCUT2D eigenvalue weighted by molar-refractivity contribution is 9.10. The number of aromatic nitrogens is 2. The Labute approximate surface area is 101 Å². The summed E-state index contributed by atoms with van der Waals surface area (Å²) in [5.41, 5.74) is 1.51. The first-order chi connectivity index (χ1) is 7.61. The molecule has 2 aromatic rings. The van der Waals surface area contributed by atoms with Crippen LogP contribution in [0.15, 0.2) is 34.9 Å². The van der Waals surface area contributed by atoms with Gasteiger partial charge in [0.1, 0.15) is 10.2 Å². The summed E-state index contributed by atoms with van der Waals surface area (Å²) >= 11 is 3.26. The van der Waals surface area contributed by atoms with Crippen molar-refractivity contribution in [1.29, 1.82) is 0 Å². The van der Waals surface area contributed by atoms with Crippen LogP contribution in [0.25, 0.3) is 5.69 Å². The summed E-state index contributed by atoms with van der Waals surface area (Å²) in [5.74, 6) is -0.980. The lowest BCUT2D eigenvalue weighted by Gasteiger charge is -2.01. The molecule has 5 heteroatoms. The molecule has 4 nitrogen and oxygen atoms in total. The lowest BCUT2D eigenvalue weighted by Crippen LogP contribution is -1.99. The zero-order valence-corrected chi connectivity index (χ0v) is 10.1. The number of para-hydroxylation sites is 1. The largest absolute Gasteiger partial charge is 0.478 e. The van der Waals surface area contributed by atoms with Gasteiger partial charge in [-0.25, -0.2) is 9.48 Å². The lowest BCUT2D eigenvalue weighted by atomic mass is 10.3. The summed E-state index contributed by atoms with van der Waals surface area (Å²) in [6.07, 6.45) is 0. The van der Waals surface area contributed by atoms with E-state index in [9.17, 15) is 4.79 Å². The van der Waals surface area contributed by atoms with Crippen molar-refractivity contribution in [2.75, 3.05) is 0 Å². The van der Waals surface area contributed by atoms with Gasteiger partial charge in [-0.05, 0) is 35.0 Å². The maximum atomic E-state index is 11.0. The molecule has 82 valence electrons. The number of carboxylic acids is 1. The van der Waals surface area contributed by atoms with Crippen LogP contribution >= 0.6 is 15.9 Å². The van der Waals surface area contributed by atoms with Gasteiger partial charge < -0.3 is 5.11 Å². The van der Waals surface area contributed by atoms with E-state index in [1.807, 2.05) is 30.3 Å². The Bertz CT molecular complexity index is 534. The van der Waals surface area contributed by atoms with Gasteiger partial charge in [-0.15, -0.1) is 0 Å². The Balaban J connectivity index is 2.61. The molecule has 0 bridgehead atoms. The fourth-order valence-corrected chi connectivity index (χ4v) is 2.22. The smallest absolute Gasteiger partial charge is 0.340 e. The van der Waals surface area contributed by atoms with Crippen LogP contribution in [-0.2, 0) is 0 Å². The van der Waals surface area contributed by atoms with Crippen molar-refractivity contribution in [1.82, 2.24) is 9.78 Å². The van der Waals surface area contributed by atoms with Crippen LogP contribution in [0.1, 0.15) is 16.1 Å². The predicted molar refractivity (Wildman–Crippen MR) is 63.0 cm³/mol. The number of carboxylic acid groups (broad SMARTS) is 1. The highest BCUT2D eigenvalue weighted by Gasteiger charge is 2.19. The molecule has 1 N–H and O–H groups in total. The molecule has 0 unspecified atom stereocenters. The van der Waals surface area contributed by atoms with Crippen molar-refractivity contribution >= 4 is 21.9 Å². The summed E-state index contributed by atoms with van der Waals surface area (Å²) in [6.45, 7) is 1.67. The first-order valence-corrected chi connectivity index (χ1v) is 5.44. The minimum Gasteiger partial charge on any atom is -0.478 e. The molecule has 1 aromatic carbocycles. The predicted octanol–water partition coefficient (Wildman–Crippen LogP) is 2.64. The fourth-order valence-electron chi connectivity index (χ4n) is 1.48. The molecule has 2 rings (SSSR count). The average molecular weight is 281 g/mol. The molecule has 0 aliphatic rings. The Morgan fingerprint density at radius 2 is 2.00 bits per heavy atom. The zero-order chi connectivity index (χ0) is 11.7. The molecule has 0 fully saturated rings. The second-order valence-corrected chi connectivity index (χ2v) is 4.05. The summed E-state index contributed by atoms with van der Waals surface area (Å²) in [4.78, 5) is 11.0. The molecular formula is C11H9BrN2O2. The molecule has 0 aliphatic heterocycles. The fraction of sp³-hybridized carbons (Fsp3) is 0.0909. The highest BCUT2D eigenvalue weighted by atomic mass is 79.9. The van der Waals surface area contributed by atoms with Gasteiger partial charge in [0, 0.05) is 0 Å². The highest BCUT2D eigenvalue weighted by Crippen LogP contribution is 2.23. The van der Waals surface area contributed by atoms with Crippen LogP contribution in [0.3, 0.4) is 0 Å². The van der Waals surface area contributed by atoms with Gasteiger partial charge in [0.25, 0.3) is 0 Å². The Morgan fingerprint density at radius 3 is 2.50 bits per heavy atom. The molecule has 0 atom stereocenters. The minimum absolute atomic E-state index is 0.198. The summed E-state index contributed by atoms with van der Waals surface area (Å²) in [6, 6.07) is 9.37. The molecule has 0 radical (unpaired) electrons. The third-order valence-corrected chi connectivity index (χ3v) is 2.95. The number of halogens is 1. The van der Waals surface area contributed by atoms with Crippen LogP contribution in [0.4, 0.5) is 0 Å². The first kappa shape index (κ1) is 10.9. The molecule has 16 heavy (non-hydrogen) atoms. The van der Waals surface area contributed by atoms with Crippen molar-refractivity contribution < 1.29 is 9.90 Å². The van der Waals surface area contributed by atoms with Crippen molar-refractivity contribution in [2.45, 2.75) is 6.92 Å². The Morgan fingerprint density at radius 1 is 1.38 bits per heavy atom. The third-order valence-electron chi connectivity index (χ3n) is 2.22. The van der Waals surface area contributed by atoms with E-state index in [1.54, 1.807) is 11.6 Å². The molecule has 0 spiro atoms.